The van der Waals surface area contributed by atoms with Crippen LogP contribution in [0.5, 0.6) is 0 Å². The van der Waals surface area contributed by atoms with E-state index in [9.17, 15) is 4.79 Å². The van der Waals surface area contributed by atoms with Gasteiger partial charge in [0.2, 0.25) is 0 Å². The third-order valence-corrected chi connectivity index (χ3v) is 1.77. The summed E-state index contributed by atoms with van der Waals surface area (Å²) in [6, 6.07) is 2.91. The zero-order valence-electron chi connectivity index (χ0n) is 7.47. The lowest BCUT2D eigenvalue weighted by Gasteiger charge is -2.03. The van der Waals surface area contributed by atoms with Gasteiger partial charge in [0.15, 0.2) is 12.4 Å². The maximum absolute atomic E-state index is 10.5. The quantitative estimate of drug-likeness (QED) is 0.616. The Morgan fingerprint density at radius 3 is 3.00 bits per heavy atom. The molecule has 1 aromatic rings. The Bertz CT molecular complexity index is 312. The minimum atomic E-state index is -0.966. The summed E-state index contributed by atoms with van der Waals surface area (Å²) in [6.45, 7) is 0. The normalized spacial score (nSPS) is 12.5. The van der Waals surface area contributed by atoms with E-state index < -0.39 is 12.0 Å². The second-order valence-electron chi connectivity index (χ2n) is 3.03. The molecule has 0 saturated heterocycles. The Morgan fingerprint density at radius 1 is 1.77 bits per heavy atom. The van der Waals surface area contributed by atoms with E-state index >= 15 is 0 Å². The van der Waals surface area contributed by atoms with Crippen molar-refractivity contribution >= 4 is 5.97 Å². The third kappa shape index (κ3) is 2.83. The van der Waals surface area contributed by atoms with Crippen molar-refractivity contribution in [3.8, 4) is 0 Å². The van der Waals surface area contributed by atoms with Crippen molar-refractivity contribution in [1.82, 2.24) is 0 Å². The highest BCUT2D eigenvalue weighted by Gasteiger charge is 2.13. The van der Waals surface area contributed by atoms with Crippen molar-refractivity contribution in [2.75, 3.05) is 0 Å². The maximum atomic E-state index is 10.5. The number of carboxylic acid groups (broad SMARTS) is 1. The van der Waals surface area contributed by atoms with E-state index in [1.165, 1.54) is 0 Å². The first-order valence-electron chi connectivity index (χ1n) is 4.02. The average molecular weight is 181 g/mol. The predicted molar refractivity (Wildman–Crippen MR) is 46.9 cm³/mol. The molecule has 0 aliphatic rings. The van der Waals surface area contributed by atoms with Crippen molar-refractivity contribution in [2.24, 2.45) is 12.8 Å². The highest BCUT2D eigenvalue weighted by Crippen LogP contribution is 1.98. The summed E-state index contributed by atoms with van der Waals surface area (Å²) < 4.78 is 1.86. The van der Waals surface area contributed by atoms with Crippen molar-refractivity contribution in [3.63, 3.8) is 0 Å². The van der Waals surface area contributed by atoms with Gasteiger partial charge in [-0.3, -0.25) is 4.79 Å². The first-order chi connectivity index (χ1) is 6.09. The molecule has 1 unspecified atom stereocenters. The van der Waals surface area contributed by atoms with Crippen molar-refractivity contribution in [1.29, 1.82) is 0 Å². The van der Waals surface area contributed by atoms with E-state index in [4.69, 9.17) is 10.8 Å². The molecule has 0 aromatic carbocycles. The van der Waals surface area contributed by atoms with Crippen LogP contribution in [-0.4, -0.2) is 17.1 Å². The molecule has 4 nitrogen and oxygen atoms in total. The number of aromatic nitrogens is 1. The van der Waals surface area contributed by atoms with Gasteiger partial charge in [-0.05, 0) is 6.07 Å². The lowest BCUT2D eigenvalue weighted by Crippen LogP contribution is -2.34. The fourth-order valence-electron chi connectivity index (χ4n) is 1.11. The Balaban J connectivity index is 2.69. The molecule has 0 aliphatic carbocycles. The molecule has 0 amide bonds. The van der Waals surface area contributed by atoms with E-state index in [1.54, 1.807) is 0 Å². The van der Waals surface area contributed by atoms with Crippen molar-refractivity contribution in [3.05, 3.63) is 30.1 Å². The van der Waals surface area contributed by atoms with Crippen LogP contribution >= 0.6 is 0 Å². The molecule has 0 fully saturated rings. The molecule has 0 aliphatic heterocycles. The van der Waals surface area contributed by atoms with E-state index in [0.29, 0.717) is 6.42 Å². The first kappa shape index (κ1) is 9.67. The molecule has 3 N–H and O–H groups in total. The Hall–Kier alpha value is -1.42. The highest BCUT2D eigenvalue weighted by atomic mass is 16.4. The molecule has 1 rings (SSSR count). The van der Waals surface area contributed by atoms with Gasteiger partial charge in [-0.25, -0.2) is 4.57 Å². The minimum Gasteiger partial charge on any atom is -0.480 e. The molecule has 0 bridgehead atoms. The number of nitrogens with two attached hydrogens (primary N) is 1. The highest BCUT2D eigenvalue weighted by molar-refractivity contribution is 5.73. The number of aryl methyl sites for hydroxylation is 1. The number of nitrogens with zero attached hydrogens (tertiary/aromatic N) is 1. The van der Waals surface area contributed by atoms with E-state index in [0.717, 1.165) is 5.56 Å². The van der Waals surface area contributed by atoms with Crippen LogP contribution < -0.4 is 10.3 Å². The summed E-state index contributed by atoms with van der Waals surface area (Å²) in [4.78, 5) is 10.5. The van der Waals surface area contributed by atoms with Gasteiger partial charge in [-0.1, -0.05) is 0 Å². The standard InChI is InChI=1S/C9H12N2O2/c1-11-4-2-3-7(6-11)5-8(10)9(12)13/h2-4,6,8H,5,10H2,1H3/p+1. The number of hydrogen-bond donors (Lipinski definition) is 2. The largest absolute Gasteiger partial charge is 0.480 e. The monoisotopic (exact) mass is 181 g/mol. The number of rotatable bonds is 3. The zero-order valence-corrected chi connectivity index (χ0v) is 7.47. The average Bonchev–Trinajstić information content (AvgIpc) is 2.04. The summed E-state index contributed by atoms with van der Waals surface area (Å²) in [5.41, 5.74) is 6.32. The van der Waals surface area contributed by atoms with Crippen LogP contribution in [0.1, 0.15) is 5.56 Å². The fourth-order valence-corrected chi connectivity index (χ4v) is 1.11. The van der Waals surface area contributed by atoms with Gasteiger partial charge < -0.3 is 10.8 Å². The van der Waals surface area contributed by atoms with Gasteiger partial charge >= 0.3 is 5.97 Å². The molecule has 1 atom stereocenters. The Labute approximate surface area is 76.6 Å². The number of carbonyl (C=O) groups is 1. The molecule has 0 radical (unpaired) electrons. The molecule has 1 heterocycles. The van der Waals surface area contributed by atoms with Crippen LogP contribution in [0.3, 0.4) is 0 Å². The maximum Gasteiger partial charge on any atom is 0.320 e. The van der Waals surface area contributed by atoms with E-state index in [2.05, 4.69) is 0 Å². The van der Waals surface area contributed by atoms with Gasteiger partial charge in [0.25, 0.3) is 0 Å². The van der Waals surface area contributed by atoms with Gasteiger partial charge in [-0.15, -0.1) is 0 Å². The Kier molecular flexibility index (Phi) is 2.97. The second kappa shape index (κ2) is 4.00. The minimum absolute atomic E-state index is 0.365. The van der Waals surface area contributed by atoms with Crippen molar-refractivity contribution < 1.29 is 14.5 Å². The van der Waals surface area contributed by atoms with Gasteiger partial charge in [-0.2, -0.15) is 0 Å². The zero-order chi connectivity index (χ0) is 9.84. The SMILES string of the molecule is C[n+]1cccc(CC(N)C(=O)O)c1. The summed E-state index contributed by atoms with van der Waals surface area (Å²) in [5.74, 6) is -0.966. The molecule has 0 spiro atoms. The van der Waals surface area contributed by atoms with Crippen LogP contribution in [0.15, 0.2) is 24.5 Å². The summed E-state index contributed by atoms with van der Waals surface area (Å²) in [5, 5.41) is 8.58. The molecule has 0 saturated carbocycles. The number of hydrogen-bond acceptors (Lipinski definition) is 2. The van der Waals surface area contributed by atoms with Crippen LogP contribution in [0.2, 0.25) is 0 Å². The Morgan fingerprint density at radius 2 is 2.46 bits per heavy atom. The number of carboxylic acids is 1. The first-order valence-corrected chi connectivity index (χ1v) is 4.02. The molecule has 4 heteroatoms. The van der Waals surface area contributed by atoms with Crippen LogP contribution in [0.25, 0.3) is 0 Å². The fraction of sp³-hybridized carbons (Fsp3) is 0.333. The van der Waals surface area contributed by atoms with Crippen LogP contribution in [0, 0.1) is 0 Å². The van der Waals surface area contributed by atoms with Crippen LogP contribution in [0.4, 0.5) is 0 Å². The van der Waals surface area contributed by atoms with Gasteiger partial charge in [0.1, 0.15) is 13.1 Å². The molecule has 70 valence electrons. The lowest BCUT2D eigenvalue weighted by atomic mass is 10.1. The molecule has 13 heavy (non-hydrogen) atoms. The van der Waals surface area contributed by atoms with E-state index in [1.807, 2.05) is 36.1 Å². The smallest absolute Gasteiger partial charge is 0.320 e. The lowest BCUT2D eigenvalue weighted by molar-refractivity contribution is -0.671. The molecule has 1 aromatic heterocycles. The van der Waals surface area contributed by atoms with Crippen LogP contribution in [-0.2, 0) is 18.3 Å². The van der Waals surface area contributed by atoms with Crippen molar-refractivity contribution in [2.45, 2.75) is 12.5 Å². The summed E-state index contributed by atoms with van der Waals surface area (Å²) >= 11 is 0. The molecular weight excluding hydrogens is 168 g/mol. The summed E-state index contributed by atoms with van der Waals surface area (Å²) in [6.07, 6.45) is 4.11. The predicted octanol–water partition coefficient (Wildman–Crippen LogP) is -0.534. The van der Waals surface area contributed by atoms with Gasteiger partial charge in [0, 0.05) is 18.1 Å². The van der Waals surface area contributed by atoms with E-state index in [-0.39, 0.29) is 0 Å². The third-order valence-electron chi connectivity index (χ3n) is 1.77. The topological polar surface area (TPSA) is 67.2 Å². The van der Waals surface area contributed by atoms with Gasteiger partial charge in [0.05, 0.1) is 0 Å². The molecular formula is C9H13N2O2+. The second-order valence-corrected chi connectivity index (χ2v) is 3.03. The number of aliphatic carboxylic acids is 1. The number of pyridine rings is 1. The summed E-state index contributed by atoms with van der Waals surface area (Å²) in [7, 11) is 1.88.